The van der Waals surface area contributed by atoms with Crippen LogP contribution in [0.25, 0.3) is 0 Å². The highest BCUT2D eigenvalue weighted by atomic mass is 19.4. The van der Waals surface area contributed by atoms with Crippen LogP contribution in [-0.4, -0.2) is 91.8 Å². The number of nitrogens with one attached hydrogen (secondary N) is 1. The Morgan fingerprint density at radius 3 is 2.36 bits per heavy atom. The predicted octanol–water partition coefficient (Wildman–Crippen LogP) is 1.76. The third-order valence-corrected chi connectivity index (χ3v) is 6.74. The van der Waals surface area contributed by atoms with Crippen LogP contribution in [0.2, 0.25) is 0 Å². The first kappa shape index (κ1) is 26.2. The van der Waals surface area contributed by atoms with Crippen LogP contribution in [0.1, 0.15) is 15.9 Å². The van der Waals surface area contributed by atoms with Crippen molar-refractivity contribution in [2.24, 2.45) is 0 Å². The predicted molar refractivity (Wildman–Crippen MR) is 126 cm³/mol. The summed E-state index contributed by atoms with van der Waals surface area (Å²) in [6.45, 7) is 2.25. The average Bonchev–Trinajstić information content (AvgIpc) is 3.21. The minimum atomic E-state index is -4.48. The standard InChI is InChI=1S/C25H30F3N3O5/c1-35-19-5-3-2-4-18(19)30-10-12-31(13-11-30)22-20(36-21(15-32)23(22)33)14-29-24(34)16-6-8-17(9-7-16)25(26,27)28/h2-9,20-23,32-33H,10-15H2,1H3,(H,29,34)/t20-,21+,22-,23-/m1/s1. The molecule has 4 atom stereocenters. The second-order valence-corrected chi connectivity index (χ2v) is 8.86. The summed E-state index contributed by atoms with van der Waals surface area (Å²) in [4.78, 5) is 16.8. The molecule has 2 fully saturated rings. The molecule has 2 aliphatic heterocycles. The van der Waals surface area contributed by atoms with Crippen LogP contribution in [0.3, 0.4) is 0 Å². The van der Waals surface area contributed by atoms with Gasteiger partial charge in [0.25, 0.3) is 5.91 Å². The lowest BCUT2D eigenvalue weighted by atomic mass is 10.0. The molecule has 0 spiro atoms. The summed E-state index contributed by atoms with van der Waals surface area (Å²) in [5.74, 6) is 0.230. The lowest BCUT2D eigenvalue weighted by Crippen LogP contribution is -2.57. The number of aliphatic hydroxyl groups is 2. The summed E-state index contributed by atoms with van der Waals surface area (Å²) in [5.41, 5.74) is 0.234. The number of alkyl halides is 3. The molecule has 0 unspecified atom stereocenters. The first-order valence-electron chi connectivity index (χ1n) is 11.7. The first-order chi connectivity index (χ1) is 17.2. The van der Waals surface area contributed by atoms with Crippen molar-refractivity contribution in [3.8, 4) is 5.75 Å². The third-order valence-electron chi connectivity index (χ3n) is 6.74. The van der Waals surface area contributed by atoms with E-state index in [4.69, 9.17) is 9.47 Å². The Kier molecular flexibility index (Phi) is 8.04. The Hall–Kier alpha value is -2.86. The molecule has 2 saturated heterocycles. The van der Waals surface area contributed by atoms with E-state index in [-0.39, 0.29) is 18.7 Å². The fourth-order valence-corrected chi connectivity index (χ4v) is 4.85. The SMILES string of the molecule is COc1ccccc1N1CCN([C@H]2[C@H](O)[C@H](CO)O[C@@H]2CNC(=O)c2ccc(C(F)(F)F)cc2)CC1. The molecule has 36 heavy (non-hydrogen) atoms. The van der Waals surface area contributed by atoms with Crippen molar-refractivity contribution in [1.29, 1.82) is 0 Å². The highest BCUT2D eigenvalue weighted by Gasteiger charge is 2.47. The topological polar surface area (TPSA) is 94.5 Å². The zero-order valence-corrected chi connectivity index (χ0v) is 19.8. The number of ether oxygens (including phenoxy) is 2. The van der Waals surface area contributed by atoms with Gasteiger partial charge in [-0.3, -0.25) is 9.69 Å². The lowest BCUT2D eigenvalue weighted by molar-refractivity contribution is -0.137. The lowest BCUT2D eigenvalue weighted by Gasteiger charge is -2.41. The number of nitrogens with zero attached hydrogens (tertiary/aromatic N) is 2. The number of carbonyl (C=O) groups excluding carboxylic acids is 1. The second-order valence-electron chi connectivity index (χ2n) is 8.86. The average molecular weight is 510 g/mol. The smallest absolute Gasteiger partial charge is 0.416 e. The molecule has 3 N–H and O–H groups in total. The normalized spacial score (nSPS) is 25.1. The van der Waals surface area contributed by atoms with Gasteiger partial charge in [0.2, 0.25) is 0 Å². The summed E-state index contributed by atoms with van der Waals surface area (Å²) in [7, 11) is 1.62. The Balaban J connectivity index is 1.39. The molecular weight excluding hydrogens is 479 g/mol. The maximum atomic E-state index is 12.8. The van der Waals surface area contributed by atoms with Crippen LogP contribution < -0.4 is 15.0 Å². The van der Waals surface area contributed by atoms with E-state index in [2.05, 4.69) is 15.1 Å². The van der Waals surface area contributed by atoms with Gasteiger partial charge in [0.1, 0.15) is 18.0 Å². The molecule has 2 aromatic rings. The monoisotopic (exact) mass is 509 g/mol. The van der Waals surface area contributed by atoms with E-state index in [1.807, 2.05) is 24.3 Å². The van der Waals surface area contributed by atoms with Crippen LogP contribution in [0, 0.1) is 0 Å². The summed E-state index contributed by atoms with van der Waals surface area (Å²) < 4.78 is 49.7. The molecule has 1 amide bonds. The fraction of sp³-hybridized carbons (Fsp3) is 0.480. The van der Waals surface area contributed by atoms with E-state index in [1.54, 1.807) is 7.11 Å². The van der Waals surface area contributed by atoms with Gasteiger partial charge in [-0.1, -0.05) is 12.1 Å². The van der Waals surface area contributed by atoms with Gasteiger partial charge >= 0.3 is 6.18 Å². The van der Waals surface area contributed by atoms with Crippen LogP contribution >= 0.6 is 0 Å². The third kappa shape index (κ3) is 5.59. The Morgan fingerprint density at radius 2 is 1.75 bits per heavy atom. The van der Waals surface area contributed by atoms with Crippen LogP contribution in [0.4, 0.5) is 18.9 Å². The molecule has 4 rings (SSSR count). The molecule has 0 aromatic heterocycles. The quantitative estimate of drug-likeness (QED) is 0.524. The van der Waals surface area contributed by atoms with Gasteiger partial charge in [0.05, 0.1) is 37.1 Å². The van der Waals surface area contributed by atoms with Gasteiger partial charge < -0.3 is 29.9 Å². The fourth-order valence-electron chi connectivity index (χ4n) is 4.85. The minimum Gasteiger partial charge on any atom is -0.495 e. The number of benzene rings is 2. The molecule has 11 heteroatoms. The van der Waals surface area contributed by atoms with Gasteiger partial charge in [-0.2, -0.15) is 13.2 Å². The van der Waals surface area contributed by atoms with E-state index in [0.717, 1.165) is 35.7 Å². The summed E-state index contributed by atoms with van der Waals surface area (Å²) in [6.07, 6.45) is -6.84. The van der Waals surface area contributed by atoms with Gasteiger partial charge in [-0.05, 0) is 36.4 Å². The molecule has 0 bridgehead atoms. The van der Waals surface area contributed by atoms with E-state index in [9.17, 15) is 28.2 Å². The minimum absolute atomic E-state index is 0.0325. The molecule has 8 nitrogen and oxygen atoms in total. The zero-order valence-electron chi connectivity index (χ0n) is 19.8. The van der Waals surface area contributed by atoms with Crippen molar-refractivity contribution in [1.82, 2.24) is 10.2 Å². The second kappa shape index (κ2) is 11.0. The van der Waals surface area contributed by atoms with Crippen molar-refractivity contribution >= 4 is 11.6 Å². The molecule has 0 aliphatic carbocycles. The van der Waals surface area contributed by atoms with Gasteiger partial charge in [-0.25, -0.2) is 0 Å². The molecule has 2 aliphatic rings. The molecule has 2 heterocycles. The van der Waals surface area contributed by atoms with Crippen molar-refractivity contribution < 1.29 is 37.7 Å². The Morgan fingerprint density at radius 1 is 1.08 bits per heavy atom. The van der Waals surface area contributed by atoms with Crippen LogP contribution in [0.15, 0.2) is 48.5 Å². The van der Waals surface area contributed by atoms with E-state index in [1.165, 1.54) is 0 Å². The molecular formula is C25H30F3N3O5. The largest absolute Gasteiger partial charge is 0.495 e. The van der Waals surface area contributed by atoms with Crippen molar-refractivity contribution in [3.63, 3.8) is 0 Å². The number of amides is 1. The van der Waals surface area contributed by atoms with E-state index in [0.29, 0.717) is 26.2 Å². The highest BCUT2D eigenvalue weighted by Crippen LogP contribution is 2.31. The van der Waals surface area contributed by atoms with Crippen molar-refractivity contribution in [2.75, 3.05) is 51.3 Å². The van der Waals surface area contributed by atoms with E-state index >= 15 is 0 Å². The molecule has 2 aromatic carbocycles. The number of aliphatic hydroxyl groups excluding tert-OH is 2. The number of methoxy groups -OCH3 is 1. The number of piperazine rings is 1. The van der Waals surface area contributed by atoms with E-state index < -0.39 is 42.0 Å². The summed E-state index contributed by atoms with van der Waals surface area (Å²) >= 11 is 0. The maximum Gasteiger partial charge on any atom is 0.416 e. The molecule has 196 valence electrons. The summed E-state index contributed by atoms with van der Waals surface area (Å²) in [6, 6.07) is 11.2. The number of halogens is 3. The number of anilines is 1. The Bertz CT molecular complexity index is 1030. The van der Waals surface area contributed by atoms with Crippen molar-refractivity contribution in [2.45, 2.75) is 30.5 Å². The van der Waals surface area contributed by atoms with Crippen LogP contribution in [0.5, 0.6) is 5.75 Å². The number of carbonyl (C=O) groups is 1. The highest BCUT2D eigenvalue weighted by molar-refractivity contribution is 5.94. The van der Waals surface area contributed by atoms with Crippen LogP contribution in [-0.2, 0) is 10.9 Å². The van der Waals surface area contributed by atoms with Gasteiger partial charge in [-0.15, -0.1) is 0 Å². The number of para-hydroxylation sites is 2. The zero-order chi connectivity index (χ0) is 25.9. The molecule has 0 radical (unpaired) electrons. The molecule has 0 saturated carbocycles. The number of hydrogen-bond acceptors (Lipinski definition) is 7. The van der Waals surface area contributed by atoms with Crippen molar-refractivity contribution in [3.05, 3.63) is 59.7 Å². The van der Waals surface area contributed by atoms with Gasteiger partial charge in [0.15, 0.2) is 0 Å². The number of rotatable bonds is 7. The Labute approximate surface area is 207 Å². The van der Waals surface area contributed by atoms with Gasteiger partial charge in [0, 0.05) is 38.3 Å². The number of hydrogen-bond donors (Lipinski definition) is 3. The first-order valence-corrected chi connectivity index (χ1v) is 11.7. The maximum absolute atomic E-state index is 12.8. The summed E-state index contributed by atoms with van der Waals surface area (Å²) in [5, 5.41) is 23.2.